The van der Waals surface area contributed by atoms with Crippen molar-refractivity contribution < 1.29 is 4.42 Å². The van der Waals surface area contributed by atoms with E-state index in [-0.39, 0.29) is 5.41 Å². The Hall–Kier alpha value is -6.84. The maximum Gasteiger partial charge on any atom is 0.136 e. The molecular weight excluding hydrogens is 657 g/mol. The molecular formula is C51H34N2O. The minimum absolute atomic E-state index is 0.122. The van der Waals surface area contributed by atoms with Gasteiger partial charge in [0.2, 0.25) is 0 Å². The first-order chi connectivity index (χ1) is 26.5. The highest BCUT2D eigenvalue weighted by Gasteiger charge is 2.38. The Bertz CT molecular complexity index is 3340. The third-order valence-corrected chi connectivity index (χ3v) is 12.1. The summed E-state index contributed by atoms with van der Waals surface area (Å²) in [7, 11) is 0. The zero-order valence-corrected chi connectivity index (χ0v) is 30.0. The van der Waals surface area contributed by atoms with E-state index in [0.717, 1.165) is 27.6 Å². The second-order valence-electron chi connectivity index (χ2n) is 15.3. The molecule has 8 aromatic carbocycles. The van der Waals surface area contributed by atoms with Gasteiger partial charge >= 0.3 is 0 Å². The highest BCUT2D eigenvalue weighted by atomic mass is 16.3. The third kappa shape index (κ3) is 3.91. The Morgan fingerprint density at radius 1 is 0.407 bits per heavy atom. The monoisotopic (exact) mass is 690 g/mol. The van der Waals surface area contributed by atoms with Crippen molar-refractivity contribution in [1.29, 1.82) is 0 Å². The van der Waals surface area contributed by atoms with Crippen LogP contribution in [-0.4, -0.2) is 9.13 Å². The van der Waals surface area contributed by atoms with Crippen molar-refractivity contribution in [3.05, 3.63) is 181 Å². The molecule has 0 unspecified atom stereocenters. The summed E-state index contributed by atoms with van der Waals surface area (Å²) < 4.78 is 11.3. The number of benzene rings is 8. The van der Waals surface area contributed by atoms with Gasteiger partial charge in [-0.2, -0.15) is 0 Å². The van der Waals surface area contributed by atoms with Gasteiger partial charge in [0.05, 0.1) is 22.1 Å². The zero-order chi connectivity index (χ0) is 35.7. The SMILES string of the molecule is CC1(C)c2ccccc2-c2ccc3c(c21)c1ccc(-c2ccc4c(c2)c2cc5oc6ccccc6c5cc2n4-c2ccccc2)cc1n3-c1ccccc1. The van der Waals surface area contributed by atoms with Gasteiger partial charge in [0.15, 0.2) is 0 Å². The van der Waals surface area contributed by atoms with Crippen LogP contribution in [0, 0.1) is 0 Å². The third-order valence-electron chi connectivity index (χ3n) is 12.1. The van der Waals surface area contributed by atoms with Crippen LogP contribution < -0.4 is 0 Å². The van der Waals surface area contributed by atoms with E-state index >= 15 is 0 Å². The molecule has 0 saturated carbocycles. The number of para-hydroxylation sites is 3. The second kappa shape index (κ2) is 10.6. The first kappa shape index (κ1) is 29.7. The molecule has 0 radical (unpaired) electrons. The van der Waals surface area contributed by atoms with Crippen molar-refractivity contribution in [3.63, 3.8) is 0 Å². The molecule has 0 atom stereocenters. The lowest BCUT2D eigenvalue weighted by Gasteiger charge is -2.22. The molecule has 11 aromatic rings. The lowest BCUT2D eigenvalue weighted by atomic mass is 9.80. The van der Waals surface area contributed by atoms with Crippen LogP contribution in [0.3, 0.4) is 0 Å². The van der Waals surface area contributed by atoms with E-state index in [1.54, 1.807) is 0 Å². The molecule has 3 heterocycles. The molecule has 0 bridgehead atoms. The van der Waals surface area contributed by atoms with Gasteiger partial charge in [-0.15, -0.1) is 0 Å². The highest BCUT2D eigenvalue weighted by Crippen LogP contribution is 2.53. The van der Waals surface area contributed by atoms with E-state index in [1.807, 2.05) is 6.07 Å². The quantitative estimate of drug-likeness (QED) is 0.181. The van der Waals surface area contributed by atoms with Crippen LogP contribution in [0.15, 0.2) is 174 Å². The van der Waals surface area contributed by atoms with Gasteiger partial charge in [0, 0.05) is 49.1 Å². The minimum atomic E-state index is -0.122. The van der Waals surface area contributed by atoms with Gasteiger partial charge in [-0.1, -0.05) is 117 Å². The number of rotatable bonds is 3. The maximum atomic E-state index is 6.43. The van der Waals surface area contributed by atoms with Crippen molar-refractivity contribution in [2.75, 3.05) is 0 Å². The normalized spacial score (nSPS) is 13.5. The summed E-state index contributed by atoms with van der Waals surface area (Å²) in [6.45, 7) is 4.77. The molecule has 1 aliphatic carbocycles. The molecule has 3 nitrogen and oxygen atoms in total. The standard InChI is InChI=1S/C51H34N2O/c1-51(2)42-19-11-9-17-35(42)37-24-26-44-49(50(37)51)38-23-21-32(28-45(38)53(44)34-15-7-4-8-16-34)31-22-25-43-39(27-31)40-30-48-41(36-18-10-12-20-47(36)54-48)29-46(40)52(43)33-13-5-3-6-14-33/h3-30H,1-2H3. The van der Waals surface area contributed by atoms with E-state index in [4.69, 9.17) is 4.42 Å². The Morgan fingerprint density at radius 2 is 1.04 bits per heavy atom. The topological polar surface area (TPSA) is 23.0 Å². The fourth-order valence-electron chi connectivity index (χ4n) is 9.69. The highest BCUT2D eigenvalue weighted by molar-refractivity contribution is 6.18. The maximum absolute atomic E-state index is 6.43. The number of fused-ring (bicyclic) bond motifs is 13. The van der Waals surface area contributed by atoms with E-state index in [9.17, 15) is 0 Å². The Balaban J connectivity index is 1.13. The van der Waals surface area contributed by atoms with Gasteiger partial charge in [0.1, 0.15) is 11.2 Å². The van der Waals surface area contributed by atoms with Crippen molar-refractivity contribution in [3.8, 4) is 33.6 Å². The van der Waals surface area contributed by atoms with E-state index < -0.39 is 0 Å². The first-order valence-electron chi connectivity index (χ1n) is 18.8. The lowest BCUT2D eigenvalue weighted by Crippen LogP contribution is -2.15. The van der Waals surface area contributed by atoms with Gasteiger partial charge in [0.25, 0.3) is 0 Å². The Labute approximate surface area is 311 Å². The molecule has 0 spiro atoms. The predicted molar refractivity (Wildman–Crippen MR) is 225 cm³/mol. The summed E-state index contributed by atoms with van der Waals surface area (Å²) in [6.07, 6.45) is 0. The van der Waals surface area contributed by atoms with Crippen LogP contribution in [0.25, 0.3) is 99.2 Å². The molecule has 1 aliphatic rings. The first-order valence-corrected chi connectivity index (χ1v) is 18.8. The van der Waals surface area contributed by atoms with E-state index in [0.29, 0.717) is 0 Å². The lowest BCUT2D eigenvalue weighted by molar-refractivity contribution is 0.666. The molecule has 0 N–H and O–H groups in total. The van der Waals surface area contributed by atoms with Gasteiger partial charge < -0.3 is 13.6 Å². The van der Waals surface area contributed by atoms with E-state index in [2.05, 4.69) is 187 Å². The molecule has 0 saturated heterocycles. The smallest absolute Gasteiger partial charge is 0.136 e. The molecule has 254 valence electrons. The zero-order valence-electron chi connectivity index (χ0n) is 30.0. The Kier molecular flexibility index (Phi) is 5.84. The van der Waals surface area contributed by atoms with Gasteiger partial charge in [-0.3, -0.25) is 0 Å². The van der Waals surface area contributed by atoms with Gasteiger partial charge in [-0.05, 0) is 100 Å². The molecule has 3 aromatic heterocycles. The number of hydrogen-bond donors (Lipinski definition) is 0. The van der Waals surface area contributed by atoms with Crippen LogP contribution in [0.5, 0.6) is 0 Å². The largest absolute Gasteiger partial charge is 0.456 e. The molecule has 0 aliphatic heterocycles. The van der Waals surface area contributed by atoms with E-state index in [1.165, 1.54) is 82.7 Å². The van der Waals surface area contributed by atoms with Crippen molar-refractivity contribution in [2.45, 2.75) is 19.3 Å². The second-order valence-corrected chi connectivity index (χ2v) is 15.3. The summed E-state index contributed by atoms with van der Waals surface area (Å²) in [5.74, 6) is 0. The summed E-state index contributed by atoms with van der Waals surface area (Å²) >= 11 is 0. The van der Waals surface area contributed by atoms with Crippen LogP contribution in [0.2, 0.25) is 0 Å². The minimum Gasteiger partial charge on any atom is -0.456 e. The fraction of sp³-hybridized carbons (Fsp3) is 0.0588. The average molecular weight is 691 g/mol. The molecule has 0 fully saturated rings. The fourth-order valence-corrected chi connectivity index (χ4v) is 9.69. The Morgan fingerprint density at radius 3 is 1.85 bits per heavy atom. The predicted octanol–water partition coefficient (Wildman–Crippen LogP) is 13.8. The molecule has 3 heteroatoms. The summed E-state index contributed by atoms with van der Waals surface area (Å²) in [4.78, 5) is 0. The van der Waals surface area contributed by atoms with Crippen LogP contribution in [0.1, 0.15) is 25.0 Å². The summed E-state index contributed by atoms with van der Waals surface area (Å²) in [5.41, 5.74) is 16.7. The van der Waals surface area contributed by atoms with Crippen LogP contribution >= 0.6 is 0 Å². The van der Waals surface area contributed by atoms with Gasteiger partial charge in [-0.25, -0.2) is 0 Å². The number of aromatic nitrogens is 2. The van der Waals surface area contributed by atoms with Crippen LogP contribution in [-0.2, 0) is 5.41 Å². The average Bonchev–Trinajstić information content (AvgIpc) is 3.92. The number of nitrogens with zero attached hydrogens (tertiary/aromatic N) is 2. The van der Waals surface area contributed by atoms with Crippen LogP contribution in [0.4, 0.5) is 0 Å². The van der Waals surface area contributed by atoms with Crippen molar-refractivity contribution in [1.82, 2.24) is 9.13 Å². The van der Waals surface area contributed by atoms with Crippen molar-refractivity contribution in [2.24, 2.45) is 0 Å². The molecule has 0 amide bonds. The van der Waals surface area contributed by atoms with Crippen molar-refractivity contribution >= 4 is 65.6 Å². The molecule has 54 heavy (non-hydrogen) atoms. The number of hydrogen-bond acceptors (Lipinski definition) is 1. The number of furan rings is 1. The summed E-state index contributed by atoms with van der Waals surface area (Å²) in [5, 5.41) is 7.28. The molecule has 12 rings (SSSR count). The summed E-state index contributed by atoms with van der Waals surface area (Å²) in [6, 6.07) is 62.1.